The van der Waals surface area contributed by atoms with Gasteiger partial charge in [0.15, 0.2) is 0 Å². The van der Waals surface area contributed by atoms with E-state index in [2.05, 4.69) is 28.6 Å². The zero-order chi connectivity index (χ0) is 16.4. The zero-order valence-electron chi connectivity index (χ0n) is 13.7. The number of pyridine rings is 1. The maximum Gasteiger partial charge on any atom is 0.311 e. The van der Waals surface area contributed by atoms with Crippen LogP contribution in [0, 0.1) is 10.1 Å². The van der Waals surface area contributed by atoms with E-state index in [4.69, 9.17) is 4.74 Å². The lowest BCUT2D eigenvalue weighted by Crippen LogP contribution is -2.50. The summed E-state index contributed by atoms with van der Waals surface area (Å²) in [5, 5.41) is 11.3. The molecule has 0 amide bonds. The van der Waals surface area contributed by atoms with Crippen molar-refractivity contribution in [2.24, 2.45) is 0 Å². The molecule has 0 aliphatic carbocycles. The van der Waals surface area contributed by atoms with Gasteiger partial charge in [0.05, 0.1) is 17.1 Å². The molecule has 1 aromatic heterocycles. The third kappa shape index (κ3) is 3.61. The predicted molar refractivity (Wildman–Crippen MR) is 87.7 cm³/mol. The highest BCUT2D eigenvalue weighted by Crippen LogP contribution is 2.31. The fourth-order valence-electron chi connectivity index (χ4n) is 3.79. The molecule has 2 fully saturated rings. The molecule has 2 saturated heterocycles. The highest BCUT2D eigenvalue weighted by molar-refractivity contribution is 5.58. The minimum absolute atomic E-state index is 0.100. The summed E-state index contributed by atoms with van der Waals surface area (Å²) in [6.45, 7) is 7.76. The lowest BCUT2D eigenvalue weighted by atomic mass is 10.1. The van der Waals surface area contributed by atoms with Gasteiger partial charge in [0.1, 0.15) is 0 Å². The van der Waals surface area contributed by atoms with E-state index in [1.165, 1.54) is 6.07 Å². The summed E-state index contributed by atoms with van der Waals surface area (Å²) in [5.41, 5.74) is 0.100. The minimum atomic E-state index is -0.337. The van der Waals surface area contributed by atoms with E-state index in [1.54, 1.807) is 12.3 Å². The normalized spacial score (nSPS) is 29.0. The van der Waals surface area contributed by atoms with E-state index in [-0.39, 0.29) is 28.9 Å². The van der Waals surface area contributed by atoms with E-state index in [0.29, 0.717) is 5.82 Å². The number of hydrogen-bond donors (Lipinski definition) is 0. The van der Waals surface area contributed by atoms with Crippen molar-refractivity contribution in [2.75, 3.05) is 31.1 Å². The molecule has 2 aliphatic heterocycles. The molecular weight excluding hydrogens is 296 g/mol. The van der Waals surface area contributed by atoms with Gasteiger partial charge in [-0.3, -0.25) is 15.0 Å². The molecule has 0 saturated carbocycles. The smallest absolute Gasteiger partial charge is 0.311 e. The molecule has 0 radical (unpaired) electrons. The van der Waals surface area contributed by atoms with Crippen LogP contribution < -0.4 is 4.90 Å². The molecule has 0 N–H and O–H groups in total. The predicted octanol–water partition coefficient (Wildman–Crippen LogP) is 2.07. The summed E-state index contributed by atoms with van der Waals surface area (Å²) in [6, 6.07) is 3.44. The van der Waals surface area contributed by atoms with E-state index in [9.17, 15) is 10.1 Å². The van der Waals surface area contributed by atoms with Crippen LogP contribution in [0.3, 0.4) is 0 Å². The van der Waals surface area contributed by atoms with Crippen LogP contribution in [0.15, 0.2) is 18.3 Å². The summed E-state index contributed by atoms with van der Waals surface area (Å²) >= 11 is 0. The fraction of sp³-hybridized carbons (Fsp3) is 0.688. The van der Waals surface area contributed by atoms with Crippen molar-refractivity contribution in [3.63, 3.8) is 0 Å². The first-order valence-corrected chi connectivity index (χ1v) is 8.28. The summed E-state index contributed by atoms with van der Waals surface area (Å²) in [7, 11) is 0. The SMILES string of the molecule is C[C@@H]1CN(C[C@H]2CCCN2c2ncccc2[N+](=O)[O-])C[C@H](C)O1. The first kappa shape index (κ1) is 16.1. The Labute approximate surface area is 136 Å². The molecule has 3 atom stereocenters. The number of morpholine rings is 1. The van der Waals surface area contributed by atoms with Gasteiger partial charge in [0, 0.05) is 44.5 Å². The number of nitro groups is 1. The van der Waals surface area contributed by atoms with E-state index < -0.39 is 0 Å². The molecule has 0 bridgehead atoms. The van der Waals surface area contributed by atoms with Crippen molar-refractivity contribution in [1.29, 1.82) is 0 Å². The molecule has 0 unspecified atom stereocenters. The molecule has 2 aliphatic rings. The minimum Gasteiger partial charge on any atom is -0.373 e. The van der Waals surface area contributed by atoms with Crippen LogP contribution in [0.4, 0.5) is 11.5 Å². The van der Waals surface area contributed by atoms with Crippen molar-refractivity contribution in [2.45, 2.75) is 44.9 Å². The van der Waals surface area contributed by atoms with Gasteiger partial charge in [-0.1, -0.05) is 0 Å². The molecular formula is C16H24N4O3. The Balaban J connectivity index is 1.74. The lowest BCUT2D eigenvalue weighted by Gasteiger charge is -2.38. The van der Waals surface area contributed by atoms with Crippen molar-refractivity contribution in [1.82, 2.24) is 9.88 Å². The highest BCUT2D eigenvalue weighted by Gasteiger charge is 2.33. The number of ether oxygens (including phenoxy) is 1. The number of anilines is 1. The molecule has 3 rings (SSSR count). The Hall–Kier alpha value is -1.73. The van der Waals surface area contributed by atoms with Gasteiger partial charge >= 0.3 is 5.69 Å². The van der Waals surface area contributed by atoms with Crippen molar-refractivity contribution < 1.29 is 9.66 Å². The first-order chi connectivity index (χ1) is 11.0. The number of rotatable bonds is 4. The molecule has 0 spiro atoms. The Kier molecular flexibility index (Phi) is 4.77. The maximum atomic E-state index is 11.3. The van der Waals surface area contributed by atoms with Gasteiger partial charge < -0.3 is 9.64 Å². The second-order valence-corrected chi connectivity index (χ2v) is 6.57. The summed E-state index contributed by atoms with van der Waals surface area (Å²) in [5.74, 6) is 0.509. The Morgan fingerprint density at radius 1 is 1.39 bits per heavy atom. The number of hydrogen-bond acceptors (Lipinski definition) is 6. The molecule has 0 aromatic carbocycles. The van der Waals surface area contributed by atoms with Crippen molar-refractivity contribution in [3.05, 3.63) is 28.4 Å². The van der Waals surface area contributed by atoms with Crippen LogP contribution in [-0.2, 0) is 4.74 Å². The Morgan fingerprint density at radius 2 is 2.13 bits per heavy atom. The van der Waals surface area contributed by atoms with Gasteiger partial charge in [0.25, 0.3) is 0 Å². The second-order valence-electron chi connectivity index (χ2n) is 6.57. The Bertz CT molecular complexity index is 558. The van der Waals surface area contributed by atoms with Crippen LogP contribution in [0.5, 0.6) is 0 Å². The molecule has 23 heavy (non-hydrogen) atoms. The van der Waals surface area contributed by atoms with Crippen LogP contribution in [-0.4, -0.2) is 59.2 Å². The van der Waals surface area contributed by atoms with E-state index >= 15 is 0 Å². The zero-order valence-corrected chi connectivity index (χ0v) is 13.7. The largest absolute Gasteiger partial charge is 0.373 e. The second kappa shape index (κ2) is 6.80. The molecule has 3 heterocycles. The summed E-state index contributed by atoms with van der Waals surface area (Å²) in [4.78, 5) is 19.8. The Morgan fingerprint density at radius 3 is 2.83 bits per heavy atom. The first-order valence-electron chi connectivity index (χ1n) is 8.28. The molecule has 1 aromatic rings. The number of aromatic nitrogens is 1. The number of nitrogens with zero attached hydrogens (tertiary/aromatic N) is 4. The van der Waals surface area contributed by atoms with E-state index in [1.807, 2.05) is 0 Å². The van der Waals surface area contributed by atoms with Gasteiger partial charge in [0.2, 0.25) is 5.82 Å². The fourth-order valence-corrected chi connectivity index (χ4v) is 3.79. The van der Waals surface area contributed by atoms with Gasteiger partial charge in [-0.2, -0.15) is 0 Å². The average Bonchev–Trinajstić information content (AvgIpc) is 2.94. The van der Waals surface area contributed by atoms with Gasteiger partial charge in [-0.05, 0) is 32.8 Å². The molecule has 126 valence electrons. The molecule has 7 heteroatoms. The van der Waals surface area contributed by atoms with Crippen molar-refractivity contribution >= 4 is 11.5 Å². The summed E-state index contributed by atoms with van der Waals surface area (Å²) in [6.07, 6.45) is 4.20. The monoisotopic (exact) mass is 320 g/mol. The lowest BCUT2D eigenvalue weighted by molar-refractivity contribution is -0.384. The maximum absolute atomic E-state index is 11.3. The van der Waals surface area contributed by atoms with E-state index in [0.717, 1.165) is 39.0 Å². The van der Waals surface area contributed by atoms with Crippen LogP contribution in [0.25, 0.3) is 0 Å². The van der Waals surface area contributed by atoms with Crippen LogP contribution in [0.1, 0.15) is 26.7 Å². The molecule has 7 nitrogen and oxygen atoms in total. The van der Waals surface area contributed by atoms with Crippen LogP contribution >= 0.6 is 0 Å². The summed E-state index contributed by atoms with van der Waals surface area (Å²) < 4.78 is 5.79. The topological polar surface area (TPSA) is 71.7 Å². The quantitative estimate of drug-likeness (QED) is 0.625. The highest BCUT2D eigenvalue weighted by atomic mass is 16.6. The third-order valence-electron chi connectivity index (χ3n) is 4.58. The van der Waals surface area contributed by atoms with Gasteiger partial charge in [-0.25, -0.2) is 4.98 Å². The third-order valence-corrected chi connectivity index (χ3v) is 4.58. The van der Waals surface area contributed by atoms with Crippen LogP contribution in [0.2, 0.25) is 0 Å². The van der Waals surface area contributed by atoms with Crippen molar-refractivity contribution in [3.8, 4) is 0 Å². The average molecular weight is 320 g/mol. The standard InChI is InChI=1S/C16H24N4O3/c1-12-9-18(10-13(2)23-12)11-14-5-4-8-19(14)16-15(20(21)22)6-3-7-17-16/h3,6-7,12-14H,4-5,8-11H2,1-2H3/t12-,13+,14-/m1/s1. The van der Waals surface area contributed by atoms with Gasteiger partial charge in [-0.15, -0.1) is 0 Å².